The van der Waals surface area contributed by atoms with E-state index in [0.29, 0.717) is 24.5 Å². The number of fused-ring (bicyclic) bond motifs is 2. The van der Waals surface area contributed by atoms with Crippen LogP contribution in [0.25, 0.3) is 0 Å². The van der Waals surface area contributed by atoms with Crippen molar-refractivity contribution in [1.29, 1.82) is 5.53 Å². The highest BCUT2D eigenvalue weighted by Gasteiger charge is 2.23. The Morgan fingerprint density at radius 1 is 1.27 bits per heavy atom. The zero-order chi connectivity index (χ0) is 18.5. The van der Waals surface area contributed by atoms with Crippen LogP contribution >= 0.6 is 0 Å². The molecule has 0 aromatic heterocycles. The number of amidine groups is 1. The minimum atomic E-state index is 0.241. The van der Waals surface area contributed by atoms with E-state index in [0.717, 1.165) is 34.7 Å². The minimum absolute atomic E-state index is 0.241. The molecule has 1 aliphatic heterocycles. The first-order valence-corrected chi connectivity index (χ1v) is 8.34. The summed E-state index contributed by atoms with van der Waals surface area (Å²) in [6, 6.07) is 11.8. The number of nitrogens with one attached hydrogen (secondary N) is 1. The molecule has 0 unspecified atom stereocenters. The quantitative estimate of drug-likeness (QED) is 0.361. The van der Waals surface area contributed by atoms with Crippen LogP contribution in [0, 0.1) is 17.9 Å². The molecule has 3 N–H and O–H groups in total. The fourth-order valence-corrected chi connectivity index (χ4v) is 3.14. The lowest BCUT2D eigenvalue weighted by Crippen LogP contribution is -2.28. The Balaban J connectivity index is 2.00. The summed E-state index contributed by atoms with van der Waals surface area (Å²) in [6.07, 6.45) is 6.69. The van der Waals surface area contributed by atoms with Crippen LogP contribution in [0.4, 0.5) is 17.1 Å². The Hall–Kier alpha value is -3.33. The van der Waals surface area contributed by atoms with Crippen LogP contribution in [0.5, 0.6) is 5.75 Å². The Bertz CT molecular complexity index is 898. The maximum absolute atomic E-state index is 7.27. The summed E-state index contributed by atoms with van der Waals surface area (Å²) >= 11 is 0. The van der Waals surface area contributed by atoms with Crippen LogP contribution < -0.4 is 15.4 Å². The number of hydrogen-bond acceptors (Lipinski definition) is 5. The molecule has 2 aromatic rings. The minimum Gasteiger partial charge on any atom is -0.481 e. The van der Waals surface area contributed by atoms with E-state index in [1.54, 1.807) is 7.05 Å². The van der Waals surface area contributed by atoms with Crippen molar-refractivity contribution in [3.8, 4) is 18.1 Å². The highest BCUT2D eigenvalue weighted by Crippen LogP contribution is 2.41. The van der Waals surface area contributed by atoms with Gasteiger partial charge in [0.1, 0.15) is 12.4 Å². The third-order valence-electron chi connectivity index (χ3n) is 4.41. The molecule has 0 saturated heterocycles. The molecule has 26 heavy (non-hydrogen) atoms. The van der Waals surface area contributed by atoms with Gasteiger partial charge in [-0.3, -0.25) is 4.99 Å². The van der Waals surface area contributed by atoms with Gasteiger partial charge in [-0.2, -0.15) is 5.11 Å². The van der Waals surface area contributed by atoms with Crippen LogP contribution in [0.15, 0.2) is 46.5 Å². The molecule has 6 heteroatoms. The van der Waals surface area contributed by atoms with Crippen molar-refractivity contribution in [2.24, 2.45) is 15.8 Å². The van der Waals surface area contributed by atoms with Crippen LogP contribution in [-0.4, -0.2) is 26.0 Å². The van der Waals surface area contributed by atoms with E-state index in [1.165, 1.54) is 0 Å². The molecule has 0 fully saturated rings. The van der Waals surface area contributed by atoms with Crippen molar-refractivity contribution < 1.29 is 4.74 Å². The average Bonchev–Trinajstić information content (AvgIpc) is 2.68. The second-order valence-corrected chi connectivity index (χ2v) is 6.00. The molecule has 6 nitrogen and oxygen atoms in total. The van der Waals surface area contributed by atoms with E-state index in [4.69, 9.17) is 22.4 Å². The molecule has 0 radical (unpaired) electrons. The van der Waals surface area contributed by atoms with Gasteiger partial charge in [0.05, 0.1) is 11.5 Å². The van der Waals surface area contributed by atoms with E-state index in [-0.39, 0.29) is 6.61 Å². The second kappa shape index (κ2) is 7.70. The fraction of sp³-hybridized carbons (Fsp3) is 0.250. The number of nitrogens with zero attached hydrogens (tertiary/aromatic N) is 3. The van der Waals surface area contributed by atoms with E-state index >= 15 is 0 Å². The molecule has 0 atom stereocenters. The first-order valence-electron chi connectivity index (χ1n) is 8.34. The van der Waals surface area contributed by atoms with Gasteiger partial charge in [0.2, 0.25) is 0 Å². The molecule has 1 aliphatic rings. The fourth-order valence-electron chi connectivity index (χ4n) is 3.14. The van der Waals surface area contributed by atoms with Crippen molar-refractivity contribution in [2.75, 3.05) is 25.1 Å². The predicted octanol–water partition coefficient (Wildman–Crippen LogP) is 3.78. The molecule has 3 rings (SSSR count). The van der Waals surface area contributed by atoms with E-state index in [1.807, 2.05) is 36.4 Å². The summed E-state index contributed by atoms with van der Waals surface area (Å²) in [6.45, 7) is 0.954. The Morgan fingerprint density at radius 3 is 2.69 bits per heavy atom. The van der Waals surface area contributed by atoms with Gasteiger partial charge in [0.25, 0.3) is 0 Å². The molecule has 0 bridgehead atoms. The first kappa shape index (κ1) is 17.5. The molecular formula is C20H21N5O. The molecule has 0 aliphatic carbocycles. The van der Waals surface area contributed by atoms with Crippen LogP contribution in [0.1, 0.15) is 17.5 Å². The number of rotatable bonds is 6. The summed E-state index contributed by atoms with van der Waals surface area (Å²) in [7, 11) is 1.70. The summed E-state index contributed by atoms with van der Waals surface area (Å²) < 4.78 is 5.56. The Labute approximate surface area is 153 Å². The van der Waals surface area contributed by atoms with Gasteiger partial charge in [-0.1, -0.05) is 5.92 Å². The molecular weight excluding hydrogens is 326 g/mol. The van der Waals surface area contributed by atoms with Crippen molar-refractivity contribution in [3.63, 3.8) is 0 Å². The summed E-state index contributed by atoms with van der Waals surface area (Å²) in [4.78, 5) is 6.28. The monoisotopic (exact) mass is 347 g/mol. The van der Waals surface area contributed by atoms with Crippen molar-refractivity contribution in [3.05, 3.63) is 47.5 Å². The number of ether oxygens (including phenoxy) is 1. The maximum Gasteiger partial charge on any atom is 0.148 e. The number of terminal acetylenes is 1. The Morgan fingerprint density at radius 2 is 2.00 bits per heavy atom. The second-order valence-electron chi connectivity index (χ2n) is 6.00. The van der Waals surface area contributed by atoms with Gasteiger partial charge in [0, 0.05) is 37.8 Å². The van der Waals surface area contributed by atoms with Crippen LogP contribution in [0.2, 0.25) is 0 Å². The molecule has 2 aromatic carbocycles. The molecule has 0 saturated carbocycles. The standard InChI is InChI=1S/C20H21N5O/c1-3-10-26-17-5-7-19-15(13-17)11-14-12-16(24-22)4-6-18(14)25(19)9-8-20(21)23-2/h1,4-7,12-13,22H,8-11H2,2H3,(H2,21,23). The Kier molecular flexibility index (Phi) is 5.18. The van der Waals surface area contributed by atoms with Gasteiger partial charge in [-0.15, -0.1) is 6.42 Å². The molecule has 0 amide bonds. The smallest absolute Gasteiger partial charge is 0.148 e. The number of nitrogens with two attached hydrogens (primary N) is 1. The number of hydrogen-bond donors (Lipinski definition) is 2. The summed E-state index contributed by atoms with van der Waals surface area (Å²) in [5, 5.41) is 3.55. The van der Waals surface area contributed by atoms with Gasteiger partial charge in [0.15, 0.2) is 0 Å². The van der Waals surface area contributed by atoms with Crippen molar-refractivity contribution in [2.45, 2.75) is 12.8 Å². The van der Waals surface area contributed by atoms with Crippen LogP contribution in [-0.2, 0) is 6.42 Å². The normalized spacial score (nSPS) is 12.8. The number of anilines is 2. The third kappa shape index (κ3) is 3.52. The first-order chi connectivity index (χ1) is 12.7. The van der Waals surface area contributed by atoms with Gasteiger partial charge >= 0.3 is 0 Å². The average molecular weight is 347 g/mol. The molecule has 1 heterocycles. The zero-order valence-electron chi connectivity index (χ0n) is 14.7. The maximum atomic E-state index is 7.27. The molecule has 132 valence electrons. The molecule has 0 spiro atoms. The largest absolute Gasteiger partial charge is 0.481 e. The van der Waals surface area contributed by atoms with Crippen molar-refractivity contribution in [1.82, 2.24) is 0 Å². The van der Waals surface area contributed by atoms with Gasteiger partial charge < -0.3 is 15.4 Å². The lowest BCUT2D eigenvalue weighted by Gasteiger charge is -2.33. The zero-order valence-corrected chi connectivity index (χ0v) is 14.7. The highest BCUT2D eigenvalue weighted by atomic mass is 16.5. The SMILES string of the molecule is C#CCOc1ccc2c(c1)Cc1cc(N=N)ccc1N2CCC(N)=NC. The third-order valence-corrected chi connectivity index (χ3v) is 4.41. The van der Waals surface area contributed by atoms with E-state index < -0.39 is 0 Å². The lowest BCUT2D eigenvalue weighted by atomic mass is 9.94. The predicted molar refractivity (Wildman–Crippen MR) is 104 cm³/mol. The van der Waals surface area contributed by atoms with E-state index in [9.17, 15) is 0 Å². The van der Waals surface area contributed by atoms with Gasteiger partial charge in [-0.05, 0) is 47.5 Å². The summed E-state index contributed by atoms with van der Waals surface area (Å²) in [5.41, 5.74) is 18.3. The highest BCUT2D eigenvalue weighted by molar-refractivity contribution is 5.82. The topological polar surface area (TPSA) is 87.1 Å². The van der Waals surface area contributed by atoms with E-state index in [2.05, 4.69) is 20.9 Å². The summed E-state index contributed by atoms with van der Waals surface area (Å²) in [5.74, 6) is 3.85. The number of benzene rings is 2. The number of aliphatic imine (C=N–C) groups is 1. The van der Waals surface area contributed by atoms with Crippen LogP contribution in [0.3, 0.4) is 0 Å². The lowest BCUT2D eigenvalue weighted by molar-refractivity contribution is 0.370. The van der Waals surface area contributed by atoms with Gasteiger partial charge in [-0.25, -0.2) is 5.53 Å². The van der Waals surface area contributed by atoms with Crippen molar-refractivity contribution >= 4 is 22.9 Å².